The molecular formula is C16H19N5. The molecule has 0 unspecified atom stereocenters. The van der Waals surface area contributed by atoms with Crippen LogP contribution in [0, 0.1) is 18.3 Å². The molecule has 5 heteroatoms. The average molecular weight is 281 g/mol. The highest BCUT2D eigenvalue weighted by molar-refractivity contribution is 5.68. The second kappa shape index (κ2) is 6.71. The predicted octanol–water partition coefficient (Wildman–Crippen LogP) is 3.39. The maximum Gasteiger partial charge on any atom is 0.139 e. The van der Waals surface area contributed by atoms with E-state index in [1.54, 1.807) is 6.33 Å². The molecule has 0 aliphatic carbocycles. The van der Waals surface area contributed by atoms with E-state index in [0.29, 0.717) is 5.56 Å². The third-order valence-corrected chi connectivity index (χ3v) is 3.26. The van der Waals surface area contributed by atoms with Crippen molar-refractivity contribution in [2.24, 2.45) is 0 Å². The number of aryl methyl sites for hydroxylation is 1. The van der Waals surface area contributed by atoms with Gasteiger partial charge in [0, 0.05) is 17.8 Å². The summed E-state index contributed by atoms with van der Waals surface area (Å²) >= 11 is 0. The third-order valence-electron chi connectivity index (χ3n) is 3.26. The normalized spacial score (nSPS) is 10.0. The van der Waals surface area contributed by atoms with Crippen LogP contribution in [0.2, 0.25) is 0 Å². The van der Waals surface area contributed by atoms with Crippen LogP contribution in [0.4, 0.5) is 17.3 Å². The number of nitrogens with one attached hydrogen (secondary N) is 2. The van der Waals surface area contributed by atoms with E-state index in [0.717, 1.165) is 41.4 Å². The van der Waals surface area contributed by atoms with Crippen molar-refractivity contribution in [3.05, 3.63) is 41.2 Å². The zero-order valence-corrected chi connectivity index (χ0v) is 12.6. The highest BCUT2D eigenvalue weighted by Gasteiger charge is 2.10. The lowest BCUT2D eigenvalue weighted by Gasteiger charge is -2.15. The van der Waals surface area contributed by atoms with Gasteiger partial charge in [-0.05, 0) is 38.0 Å². The minimum atomic E-state index is 0.627. The van der Waals surface area contributed by atoms with Crippen LogP contribution in [0.5, 0.6) is 0 Å². The fourth-order valence-electron chi connectivity index (χ4n) is 2.13. The first kappa shape index (κ1) is 14.8. The van der Waals surface area contributed by atoms with Gasteiger partial charge >= 0.3 is 0 Å². The van der Waals surface area contributed by atoms with Gasteiger partial charge < -0.3 is 10.6 Å². The molecule has 5 nitrogen and oxygen atoms in total. The molecule has 2 rings (SSSR count). The molecule has 1 heterocycles. The summed E-state index contributed by atoms with van der Waals surface area (Å²) in [6.45, 7) is 6.92. The quantitative estimate of drug-likeness (QED) is 0.878. The molecule has 0 fully saturated rings. The van der Waals surface area contributed by atoms with Crippen molar-refractivity contribution < 1.29 is 0 Å². The first-order valence-electron chi connectivity index (χ1n) is 7.05. The molecule has 0 aliphatic rings. The van der Waals surface area contributed by atoms with E-state index in [1.165, 1.54) is 0 Å². The van der Waals surface area contributed by atoms with Crippen LogP contribution in [0.1, 0.15) is 30.5 Å². The Morgan fingerprint density at radius 3 is 2.62 bits per heavy atom. The first-order chi connectivity index (χ1) is 10.2. The number of nitrogens with zero attached hydrogens (tertiary/aromatic N) is 3. The first-order valence-corrected chi connectivity index (χ1v) is 7.05. The van der Waals surface area contributed by atoms with Crippen molar-refractivity contribution in [1.29, 1.82) is 5.26 Å². The van der Waals surface area contributed by atoms with Gasteiger partial charge in [0.05, 0.1) is 11.6 Å². The van der Waals surface area contributed by atoms with E-state index in [9.17, 15) is 0 Å². The molecule has 0 saturated carbocycles. The summed E-state index contributed by atoms with van der Waals surface area (Å²) in [5, 5.41) is 15.6. The molecule has 0 atom stereocenters. The predicted molar refractivity (Wildman–Crippen MR) is 84.8 cm³/mol. The van der Waals surface area contributed by atoms with Crippen molar-refractivity contribution in [3.8, 4) is 6.07 Å². The summed E-state index contributed by atoms with van der Waals surface area (Å²) in [5.74, 6) is 1.63. The maximum atomic E-state index is 9.02. The summed E-state index contributed by atoms with van der Waals surface area (Å²) in [4.78, 5) is 8.62. The van der Waals surface area contributed by atoms with Gasteiger partial charge in [-0.1, -0.05) is 13.0 Å². The van der Waals surface area contributed by atoms with Gasteiger partial charge in [-0.25, -0.2) is 9.97 Å². The van der Waals surface area contributed by atoms with Crippen LogP contribution in [0.15, 0.2) is 24.5 Å². The molecule has 2 N–H and O–H groups in total. The lowest BCUT2D eigenvalue weighted by Crippen LogP contribution is -2.08. The second-order valence-electron chi connectivity index (χ2n) is 4.70. The minimum Gasteiger partial charge on any atom is -0.370 e. The Morgan fingerprint density at radius 2 is 1.95 bits per heavy atom. The smallest absolute Gasteiger partial charge is 0.139 e. The molecule has 1 aromatic carbocycles. The Morgan fingerprint density at radius 1 is 1.19 bits per heavy atom. The number of rotatable bonds is 5. The molecule has 0 spiro atoms. The van der Waals surface area contributed by atoms with Crippen molar-refractivity contribution in [1.82, 2.24) is 9.97 Å². The second-order valence-corrected chi connectivity index (χ2v) is 4.70. The van der Waals surface area contributed by atoms with Gasteiger partial charge in [0.1, 0.15) is 18.0 Å². The average Bonchev–Trinajstić information content (AvgIpc) is 2.50. The third kappa shape index (κ3) is 3.29. The van der Waals surface area contributed by atoms with Crippen LogP contribution in [-0.2, 0) is 6.42 Å². The molecule has 21 heavy (non-hydrogen) atoms. The lowest BCUT2D eigenvalue weighted by molar-refractivity contribution is 1.03. The molecule has 0 radical (unpaired) electrons. The fraction of sp³-hybridized carbons (Fsp3) is 0.312. The largest absolute Gasteiger partial charge is 0.370 e. The molecule has 0 saturated heterocycles. The molecule has 0 aliphatic heterocycles. The highest BCUT2D eigenvalue weighted by Crippen LogP contribution is 2.26. The number of hydrogen-bond acceptors (Lipinski definition) is 5. The summed E-state index contributed by atoms with van der Waals surface area (Å²) in [6, 6.07) is 7.73. The van der Waals surface area contributed by atoms with E-state index in [2.05, 4.69) is 33.6 Å². The fourth-order valence-corrected chi connectivity index (χ4v) is 2.13. The standard InChI is InChI=1S/C16H19N5/c1-4-13-15(18-5-2)19-10-20-16(13)21-14-8-12(9-17)7-6-11(14)3/h6-8,10H,4-5H2,1-3H3,(H2,18,19,20,21). The van der Waals surface area contributed by atoms with Gasteiger partial charge in [-0.3, -0.25) is 0 Å². The molecule has 0 bridgehead atoms. The summed E-state index contributed by atoms with van der Waals surface area (Å²) in [6.07, 6.45) is 2.37. The Bertz CT molecular complexity index is 673. The minimum absolute atomic E-state index is 0.627. The van der Waals surface area contributed by atoms with Crippen LogP contribution < -0.4 is 10.6 Å². The van der Waals surface area contributed by atoms with Gasteiger partial charge in [0.25, 0.3) is 0 Å². The summed E-state index contributed by atoms with van der Waals surface area (Å²) < 4.78 is 0. The van der Waals surface area contributed by atoms with E-state index in [-0.39, 0.29) is 0 Å². The van der Waals surface area contributed by atoms with Crippen LogP contribution in [0.25, 0.3) is 0 Å². The van der Waals surface area contributed by atoms with Crippen LogP contribution in [-0.4, -0.2) is 16.5 Å². The molecule has 1 aromatic heterocycles. The van der Waals surface area contributed by atoms with E-state index < -0.39 is 0 Å². The summed E-state index contributed by atoms with van der Waals surface area (Å²) in [7, 11) is 0. The topological polar surface area (TPSA) is 73.6 Å². The van der Waals surface area contributed by atoms with E-state index in [4.69, 9.17) is 5.26 Å². The molecular weight excluding hydrogens is 262 g/mol. The van der Waals surface area contributed by atoms with Gasteiger partial charge in [0.2, 0.25) is 0 Å². The summed E-state index contributed by atoms with van der Waals surface area (Å²) in [5.41, 5.74) is 3.63. The van der Waals surface area contributed by atoms with Gasteiger partial charge in [0.15, 0.2) is 0 Å². The van der Waals surface area contributed by atoms with Crippen molar-refractivity contribution in [2.45, 2.75) is 27.2 Å². The SMILES string of the molecule is CCNc1ncnc(Nc2cc(C#N)ccc2C)c1CC. The van der Waals surface area contributed by atoms with Crippen LogP contribution >= 0.6 is 0 Å². The van der Waals surface area contributed by atoms with Crippen molar-refractivity contribution in [2.75, 3.05) is 17.2 Å². The van der Waals surface area contributed by atoms with Crippen molar-refractivity contribution in [3.63, 3.8) is 0 Å². The Kier molecular flexibility index (Phi) is 4.72. The zero-order chi connectivity index (χ0) is 15.2. The number of aromatic nitrogens is 2. The van der Waals surface area contributed by atoms with E-state index in [1.807, 2.05) is 32.0 Å². The number of anilines is 3. The lowest BCUT2D eigenvalue weighted by atomic mass is 10.1. The molecule has 2 aromatic rings. The number of hydrogen-bond donors (Lipinski definition) is 2. The maximum absolute atomic E-state index is 9.02. The van der Waals surface area contributed by atoms with Crippen LogP contribution in [0.3, 0.4) is 0 Å². The van der Waals surface area contributed by atoms with Gasteiger partial charge in [-0.15, -0.1) is 0 Å². The number of nitriles is 1. The van der Waals surface area contributed by atoms with Crippen molar-refractivity contribution >= 4 is 17.3 Å². The molecule has 108 valence electrons. The number of benzene rings is 1. The Hall–Kier alpha value is -2.61. The zero-order valence-electron chi connectivity index (χ0n) is 12.6. The van der Waals surface area contributed by atoms with E-state index >= 15 is 0 Å². The monoisotopic (exact) mass is 281 g/mol. The highest BCUT2D eigenvalue weighted by atomic mass is 15.1. The Balaban J connectivity index is 2.40. The Labute approximate surface area is 125 Å². The van der Waals surface area contributed by atoms with Gasteiger partial charge in [-0.2, -0.15) is 5.26 Å². The molecule has 0 amide bonds.